The number of carbonyl (C=O) groups is 2. The Balaban J connectivity index is 0.00000462. The second-order valence-electron chi connectivity index (χ2n) is 11.5. The number of benzene rings is 2. The summed E-state index contributed by atoms with van der Waals surface area (Å²) >= 11 is -2.23. The molecule has 1 saturated carbocycles. The van der Waals surface area contributed by atoms with E-state index in [1.165, 1.54) is 12.1 Å². The fraction of sp³-hybridized carbons (Fsp3) is 0.400. The number of anilines is 1. The molecular formula is C30H38N4O5S. The van der Waals surface area contributed by atoms with Crippen molar-refractivity contribution in [2.75, 3.05) is 12.3 Å². The van der Waals surface area contributed by atoms with Crippen LogP contribution in [0.3, 0.4) is 0 Å². The molecule has 3 N–H and O–H groups in total. The van der Waals surface area contributed by atoms with E-state index in [0.717, 1.165) is 16.7 Å². The summed E-state index contributed by atoms with van der Waals surface area (Å²) in [5.41, 5.74) is 9.88. The zero-order valence-corrected chi connectivity index (χ0v) is 24.3. The molecule has 4 rings (SSSR count). The smallest absolute Gasteiger partial charge is 0.254 e. The van der Waals surface area contributed by atoms with Crippen molar-refractivity contribution in [3.05, 3.63) is 65.2 Å². The molecule has 0 saturated heterocycles. The van der Waals surface area contributed by atoms with Gasteiger partial charge >= 0.3 is 0 Å². The third-order valence-electron chi connectivity index (χ3n) is 6.96. The number of Topliss-reactive ketones (excluding diaryl/α,β-unsaturated/α-hetero) is 1. The van der Waals surface area contributed by atoms with E-state index in [-0.39, 0.29) is 60.4 Å². The van der Waals surface area contributed by atoms with E-state index in [4.69, 9.17) is 10.5 Å². The predicted octanol–water partition coefficient (Wildman–Crippen LogP) is 5.23. The van der Waals surface area contributed by atoms with Gasteiger partial charge in [-0.2, -0.15) is 4.98 Å². The second-order valence-corrected chi connectivity index (χ2v) is 12.5. The van der Waals surface area contributed by atoms with Gasteiger partial charge in [-0.15, -0.1) is 0 Å². The van der Waals surface area contributed by atoms with Crippen LogP contribution in [0.25, 0.3) is 11.3 Å². The molecule has 40 heavy (non-hydrogen) atoms. The number of nitrogens with zero attached hydrogens (tertiary/aromatic N) is 3. The molecule has 1 heterocycles. The molecule has 0 aliphatic heterocycles. The summed E-state index contributed by atoms with van der Waals surface area (Å²) in [4.78, 5) is 36.5. The van der Waals surface area contributed by atoms with Gasteiger partial charge in [-0.1, -0.05) is 45.0 Å². The molecule has 2 aromatic carbocycles. The molecule has 10 heteroatoms. The lowest BCUT2D eigenvalue weighted by Crippen LogP contribution is -2.55. The minimum atomic E-state index is -2.23. The molecule has 0 radical (unpaired) electrons. The molecule has 1 fully saturated rings. The maximum atomic E-state index is 13.9. The molecule has 2 atom stereocenters. The van der Waals surface area contributed by atoms with Crippen molar-refractivity contribution in [1.29, 1.82) is 0 Å². The Morgan fingerprint density at radius 1 is 1.15 bits per heavy atom. The summed E-state index contributed by atoms with van der Waals surface area (Å²) in [6.45, 7) is 10.3. The van der Waals surface area contributed by atoms with Gasteiger partial charge in [-0.3, -0.25) is 9.59 Å². The number of ether oxygens (including phenoxy) is 1. The van der Waals surface area contributed by atoms with Gasteiger partial charge in [-0.05, 0) is 55.0 Å². The van der Waals surface area contributed by atoms with Crippen molar-refractivity contribution in [3.8, 4) is 17.1 Å². The van der Waals surface area contributed by atoms with Crippen molar-refractivity contribution in [2.24, 2.45) is 5.41 Å². The molecule has 1 unspecified atom stereocenters. The Labute approximate surface area is 238 Å². The summed E-state index contributed by atoms with van der Waals surface area (Å²) in [5.74, 6) is 0.138. The molecule has 0 bridgehead atoms. The van der Waals surface area contributed by atoms with E-state index < -0.39 is 17.1 Å². The van der Waals surface area contributed by atoms with E-state index in [0.29, 0.717) is 18.0 Å². The average Bonchev–Trinajstić information content (AvgIpc) is 2.85. The van der Waals surface area contributed by atoms with Crippen LogP contribution >= 0.6 is 0 Å². The molecule has 3 aromatic rings. The average molecular weight is 567 g/mol. The lowest BCUT2D eigenvalue weighted by atomic mass is 9.83. The minimum absolute atomic E-state index is 0. The highest BCUT2D eigenvalue weighted by Gasteiger charge is 2.40. The number of ketones is 1. The number of nitrogen functional groups attached to an aromatic ring is 1. The number of rotatable bonds is 9. The molecule has 1 aromatic heterocycles. The van der Waals surface area contributed by atoms with Gasteiger partial charge in [0.15, 0.2) is 11.1 Å². The lowest BCUT2D eigenvalue weighted by Gasteiger charge is -2.43. The van der Waals surface area contributed by atoms with Crippen molar-refractivity contribution >= 4 is 28.7 Å². The molecule has 0 spiro atoms. The molecule has 1 aliphatic carbocycles. The summed E-state index contributed by atoms with van der Waals surface area (Å²) in [5, 5.41) is 0. The fourth-order valence-electron chi connectivity index (χ4n) is 5.17. The highest BCUT2D eigenvalue weighted by molar-refractivity contribution is 7.79. The third kappa shape index (κ3) is 6.92. The van der Waals surface area contributed by atoms with Gasteiger partial charge in [0.25, 0.3) is 5.91 Å². The first kappa shape index (κ1) is 29.4. The van der Waals surface area contributed by atoms with Crippen LogP contribution in [0.2, 0.25) is 0 Å². The van der Waals surface area contributed by atoms with Crippen molar-refractivity contribution in [3.63, 3.8) is 0 Å². The van der Waals surface area contributed by atoms with Crippen LogP contribution in [-0.4, -0.2) is 54.0 Å². The van der Waals surface area contributed by atoms with Gasteiger partial charge in [-0.25, -0.2) is 9.19 Å². The lowest BCUT2D eigenvalue weighted by molar-refractivity contribution is -0.128. The van der Waals surface area contributed by atoms with Crippen LogP contribution in [0.5, 0.6) is 5.88 Å². The topological polar surface area (TPSA) is 136 Å². The number of aromatic nitrogens is 2. The van der Waals surface area contributed by atoms with Crippen LogP contribution in [0.4, 0.5) is 5.95 Å². The van der Waals surface area contributed by atoms with Gasteiger partial charge in [0.2, 0.25) is 11.8 Å². The zero-order chi connectivity index (χ0) is 29.2. The maximum Gasteiger partial charge on any atom is 0.254 e. The Bertz CT molecular complexity index is 1430. The SMILES string of the molecule is Cc1cccc(C)c1-c1cc(OC[C@@H](CC(C)(C)C)N(C(=O)c2cccc(S(=O)O)c2)C2CC(=O)C2)nc(N)n1.[HH]. The van der Waals surface area contributed by atoms with Crippen molar-refractivity contribution < 1.29 is 24.5 Å². The monoisotopic (exact) mass is 566 g/mol. The van der Waals surface area contributed by atoms with Gasteiger partial charge in [0.05, 0.1) is 16.6 Å². The Hall–Kier alpha value is -3.63. The molecular weight excluding hydrogens is 528 g/mol. The minimum Gasteiger partial charge on any atom is -0.475 e. The number of amides is 1. The maximum absolute atomic E-state index is 13.9. The van der Waals surface area contributed by atoms with Crippen LogP contribution in [0, 0.1) is 19.3 Å². The number of nitrogens with two attached hydrogens (primary N) is 1. The largest absolute Gasteiger partial charge is 0.475 e. The Morgan fingerprint density at radius 3 is 2.40 bits per heavy atom. The van der Waals surface area contributed by atoms with Crippen LogP contribution in [0.1, 0.15) is 62.9 Å². The molecule has 1 aliphatic rings. The summed E-state index contributed by atoms with van der Waals surface area (Å²) < 4.78 is 27.4. The van der Waals surface area contributed by atoms with E-state index in [9.17, 15) is 18.4 Å². The Morgan fingerprint density at radius 2 is 1.80 bits per heavy atom. The summed E-state index contributed by atoms with van der Waals surface area (Å²) in [6, 6.07) is 13.1. The first-order valence-electron chi connectivity index (χ1n) is 13.2. The normalized spacial score (nSPS) is 15.3. The van der Waals surface area contributed by atoms with Crippen LogP contribution in [-0.2, 0) is 15.9 Å². The first-order chi connectivity index (χ1) is 18.8. The van der Waals surface area contributed by atoms with Crippen molar-refractivity contribution in [2.45, 2.75) is 70.9 Å². The van der Waals surface area contributed by atoms with Crippen LogP contribution in [0.15, 0.2) is 53.4 Å². The summed E-state index contributed by atoms with van der Waals surface area (Å²) in [6.07, 6.45) is 1.10. The zero-order valence-electron chi connectivity index (χ0n) is 23.5. The quantitative estimate of drug-likeness (QED) is 0.336. The van der Waals surface area contributed by atoms with E-state index in [1.54, 1.807) is 23.1 Å². The van der Waals surface area contributed by atoms with Gasteiger partial charge < -0.3 is 19.9 Å². The number of carbonyl (C=O) groups excluding carboxylic acids is 2. The van der Waals surface area contributed by atoms with E-state index in [1.807, 2.05) is 32.0 Å². The number of hydrogen-bond acceptors (Lipinski definition) is 7. The number of hydrogen-bond donors (Lipinski definition) is 2. The van der Waals surface area contributed by atoms with E-state index in [2.05, 4.69) is 30.7 Å². The van der Waals surface area contributed by atoms with E-state index >= 15 is 0 Å². The highest BCUT2D eigenvalue weighted by Crippen LogP contribution is 2.33. The molecule has 9 nitrogen and oxygen atoms in total. The molecule has 214 valence electrons. The Kier molecular flexibility index (Phi) is 8.70. The molecule has 1 amide bonds. The predicted molar refractivity (Wildman–Crippen MR) is 157 cm³/mol. The number of aryl methyl sites for hydroxylation is 2. The van der Waals surface area contributed by atoms with Gasteiger partial charge in [0, 0.05) is 37.5 Å². The van der Waals surface area contributed by atoms with Crippen molar-refractivity contribution in [1.82, 2.24) is 14.9 Å². The second kappa shape index (κ2) is 11.9. The first-order valence-corrected chi connectivity index (χ1v) is 14.3. The third-order valence-corrected chi connectivity index (χ3v) is 7.62. The fourth-order valence-corrected chi connectivity index (χ4v) is 5.59. The van der Waals surface area contributed by atoms with Gasteiger partial charge in [0.1, 0.15) is 12.4 Å². The van der Waals surface area contributed by atoms with Crippen LogP contribution < -0.4 is 10.5 Å². The highest BCUT2D eigenvalue weighted by atomic mass is 32.2. The summed E-state index contributed by atoms with van der Waals surface area (Å²) in [7, 11) is 0. The standard InChI is InChI=1S/C30H36N4O5S.H2/c1-18-8-6-9-19(2)27(18)25-15-26(33-29(31)32-25)39-17-22(16-30(3,4)5)34(21-13-23(35)14-21)28(36)20-10-7-11-24(12-20)40(37)38;/h6-12,15,21-22H,13-14,16-17H2,1-5H3,(H,37,38)(H2,31,32,33);1H/t22-;/m1./s1.